The lowest BCUT2D eigenvalue weighted by atomic mass is 10.0. The highest BCUT2D eigenvalue weighted by Crippen LogP contribution is 2.20. The molecule has 2 aliphatic rings. The monoisotopic (exact) mass is 212 g/mol. The summed E-state index contributed by atoms with van der Waals surface area (Å²) in [6.07, 6.45) is 7.22. The minimum atomic E-state index is 0.210. The number of ether oxygens (including phenoxy) is 2. The lowest BCUT2D eigenvalue weighted by molar-refractivity contribution is -0.121. The first-order chi connectivity index (χ1) is 7.34. The second-order valence-electron chi connectivity index (χ2n) is 4.55. The van der Waals surface area contributed by atoms with Gasteiger partial charge in [-0.25, -0.2) is 0 Å². The third-order valence-electron chi connectivity index (χ3n) is 3.25. The van der Waals surface area contributed by atoms with Gasteiger partial charge in [0.15, 0.2) is 0 Å². The van der Waals surface area contributed by atoms with Crippen LogP contribution in [0.3, 0.4) is 0 Å². The molecule has 3 heteroatoms. The Kier molecular flexibility index (Phi) is 4.15. The fraction of sp³-hybridized carbons (Fsp3) is 0.917. The van der Waals surface area contributed by atoms with E-state index in [1.54, 1.807) is 0 Å². The average Bonchev–Trinajstić information content (AvgIpc) is 2.86. The Morgan fingerprint density at radius 2 is 1.73 bits per heavy atom. The Morgan fingerprint density at radius 3 is 2.33 bits per heavy atom. The van der Waals surface area contributed by atoms with Gasteiger partial charge in [0, 0.05) is 26.1 Å². The number of Topliss-reactive ketones (excluding diaryl/α,β-unsaturated/α-hetero) is 1. The van der Waals surface area contributed by atoms with Crippen LogP contribution in [0.15, 0.2) is 0 Å². The summed E-state index contributed by atoms with van der Waals surface area (Å²) in [4.78, 5) is 11.6. The third kappa shape index (κ3) is 3.58. The maximum atomic E-state index is 11.6. The predicted molar refractivity (Wildman–Crippen MR) is 56.8 cm³/mol. The van der Waals surface area contributed by atoms with Crippen molar-refractivity contribution in [1.29, 1.82) is 0 Å². The standard InChI is InChI=1S/C12H20O3/c13-10(9-12-4-2-8-15-12)5-6-11-3-1-7-14-11/h11-12H,1-9H2. The molecular weight excluding hydrogens is 192 g/mol. The lowest BCUT2D eigenvalue weighted by Crippen LogP contribution is -2.14. The van der Waals surface area contributed by atoms with E-state index >= 15 is 0 Å². The van der Waals surface area contributed by atoms with E-state index in [1.165, 1.54) is 0 Å². The molecule has 86 valence electrons. The summed E-state index contributed by atoms with van der Waals surface area (Å²) < 4.78 is 10.9. The molecule has 0 bridgehead atoms. The van der Waals surface area contributed by atoms with E-state index in [4.69, 9.17) is 9.47 Å². The molecule has 0 aliphatic carbocycles. The van der Waals surface area contributed by atoms with Crippen LogP contribution in [0.25, 0.3) is 0 Å². The average molecular weight is 212 g/mol. The van der Waals surface area contributed by atoms with Crippen molar-refractivity contribution in [3.05, 3.63) is 0 Å². The topological polar surface area (TPSA) is 35.5 Å². The highest BCUT2D eigenvalue weighted by atomic mass is 16.5. The van der Waals surface area contributed by atoms with Gasteiger partial charge in [0.2, 0.25) is 0 Å². The molecule has 2 aliphatic heterocycles. The molecule has 2 unspecified atom stereocenters. The van der Waals surface area contributed by atoms with Crippen LogP contribution in [0.4, 0.5) is 0 Å². The van der Waals surface area contributed by atoms with Crippen LogP contribution >= 0.6 is 0 Å². The maximum absolute atomic E-state index is 11.6. The molecule has 0 N–H and O–H groups in total. The molecule has 0 aromatic carbocycles. The summed E-state index contributed by atoms with van der Waals surface area (Å²) in [6.45, 7) is 1.72. The van der Waals surface area contributed by atoms with Crippen molar-refractivity contribution in [2.75, 3.05) is 13.2 Å². The SMILES string of the molecule is O=C(CCC1CCCO1)CC1CCCO1. The van der Waals surface area contributed by atoms with Crippen LogP contribution in [-0.2, 0) is 14.3 Å². The summed E-state index contributed by atoms with van der Waals surface area (Å²) in [5.41, 5.74) is 0. The van der Waals surface area contributed by atoms with Crippen LogP contribution in [-0.4, -0.2) is 31.2 Å². The van der Waals surface area contributed by atoms with E-state index in [0.29, 0.717) is 24.7 Å². The first-order valence-corrected chi connectivity index (χ1v) is 6.09. The Morgan fingerprint density at radius 1 is 1.07 bits per heavy atom. The van der Waals surface area contributed by atoms with Crippen molar-refractivity contribution in [1.82, 2.24) is 0 Å². The van der Waals surface area contributed by atoms with Gasteiger partial charge in [0.1, 0.15) is 5.78 Å². The molecule has 3 nitrogen and oxygen atoms in total. The van der Waals surface area contributed by atoms with E-state index < -0.39 is 0 Å². The van der Waals surface area contributed by atoms with Crippen LogP contribution < -0.4 is 0 Å². The molecule has 0 aromatic heterocycles. The molecule has 15 heavy (non-hydrogen) atoms. The highest BCUT2D eigenvalue weighted by Gasteiger charge is 2.21. The van der Waals surface area contributed by atoms with Crippen molar-refractivity contribution < 1.29 is 14.3 Å². The van der Waals surface area contributed by atoms with Gasteiger partial charge < -0.3 is 9.47 Å². The zero-order valence-corrected chi connectivity index (χ0v) is 9.24. The van der Waals surface area contributed by atoms with Crippen LogP contribution in [0.1, 0.15) is 44.9 Å². The molecule has 0 saturated carbocycles. The summed E-state index contributed by atoms with van der Waals surface area (Å²) >= 11 is 0. The second-order valence-corrected chi connectivity index (χ2v) is 4.55. The quantitative estimate of drug-likeness (QED) is 0.700. The molecule has 0 aromatic rings. The molecule has 0 radical (unpaired) electrons. The van der Waals surface area contributed by atoms with Crippen LogP contribution in [0.5, 0.6) is 0 Å². The van der Waals surface area contributed by atoms with Crippen molar-refractivity contribution in [3.8, 4) is 0 Å². The molecule has 0 amide bonds. The number of hydrogen-bond donors (Lipinski definition) is 0. The Hall–Kier alpha value is -0.410. The summed E-state index contributed by atoms with van der Waals surface area (Å²) in [7, 11) is 0. The predicted octanol–water partition coefficient (Wildman–Crippen LogP) is 2.08. The smallest absolute Gasteiger partial charge is 0.135 e. The van der Waals surface area contributed by atoms with E-state index in [1.807, 2.05) is 0 Å². The van der Waals surface area contributed by atoms with E-state index in [0.717, 1.165) is 45.3 Å². The van der Waals surface area contributed by atoms with Gasteiger partial charge in [0.25, 0.3) is 0 Å². The number of hydrogen-bond acceptors (Lipinski definition) is 3. The summed E-state index contributed by atoms with van der Waals surface area (Å²) in [6, 6.07) is 0. The molecule has 2 heterocycles. The van der Waals surface area contributed by atoms with Crippen LogP contribution in [0, 0.1) is 0 Å². The molecule has 2 fully saturated rings. The third-order valence-corrected chi connectivity index (χ3v) is 3.25. The van der Waals surface area contributed by atoms with Crippen molar-refractivity contribution in [2.24, 2.45) is 0 Å². The van der Waals surface area contributed by atoms with Gasteiger partial charge in [-0.3, -0.25) is 4.79 Å². The lowest BCUT2D eigenvalue weighted by Gasteiger charge is -2.10. The van der Waals surface area contributed by atoms with Crippen LogP contribution in [0.2, 0.25) is 0 Å². The zero-order chi connectivity index (χ0) is 10.5. The maximum Gasteiger partial charge on any atom is 0.135 e. The molecular formula is C12H20O3. The number of carbonyl (C=O) groups is 1. The molecule has 2 atom stereocenters. The Labute approximate surface area is 91.1 Å². The zero-order valence-electron chi connectivity index (χ0n) is 9.24. The summed E-state index contributed by atoms with van der Waals surface area (Å²) in [5.74, 6) is 0.345. The molecule has 0 spiro atoms. The van der Waals surface area contributed by atoms with Crippen molar-refractivity contribution >= 4 is 5.78 Å². The minimum Gasteiger partial charge on any atom is -0.378 e. The minimum absolute atomic E-state index is 0.210. The summed E-state index contributed by atoms with van der Waals surface area (Å²) in [5, 5.41) is 0. The highest BCUT2D eigenvalue weighted by molar-refractivity contribution is 5.78. The fourth-order valence-corrected chi connectivity index (χ4v) is 2.36. The largest absolute Gasteiger partial charge is 0.378 e. The van der Waals surface area contributed by atoms with Gasteiger partial charge >= 0.3 is 0 Å². The number of ketones is 1. The van der Waals surface area contributed by atoms with Gasteiger partial charge in [-0.2, -0.15) is 0 Å². The Balaban J connectivity index is 1.59. The van der Waals surface area contributed by atoms with Crippen molar-refractivity contribution in [3.63, 3.8) is 0 Å². The first-order valence-electron chi connectivity index (χ1n) is 6.09. The fourth-order valence-electron chi connectivity index (χ4n) is 2.36. The van der Waals surface area contributed by atoms with Gasteiger partial charge in [-0.15, -0.1) is 0 Å². The molecule has 2 rings (SSSR count). The van der Waals surface area contributed by atoms with Gasteiger partial charge in [-0.05, 0) is 32.1 Å². The van der Waals surface area contributed by atoms with E-state index in [9.17, 15) is 4.79 Å². The Bertz CT molecular complexity index is 203. The van der Waals surface area contributed by atoms with Crippen molar-refractivity contribution in [2.45, 2.75) is 57.2 Å². The first kappa shape index (κ1) is 11.1. The normalized spacial score (nSPS) is 30.9. The van der Waals surface area contributed by atoms with E-state index in [2.05, 4.69) is 0 Å². The number of rotatable bonds is 5. The van der Waals surface area contributed by atoms with E-state index in [-0.39, 0.29) is 6.10 Å². The number of carbonyl (C=O) groups excluding carboxylic acids is 1. The van der Waals surface area contributed by atoms with Gasteiger partial charge in [0.05, 0.1) is 12.2 Å². The second kappa shape index (κ2) is 5.61. The van der Waals surface area contributed by atoms with Gasteiger partial charge in [-0.1, -0.05) is 0 Å². The molecule has 2 saturated heterocycles.